The molecule has 1 aliphatic rings. The lowest BCUT2D eigenvalue weighted by Crippen LogP contribution is -2.35. The molecule has 0 saturated carbocycles. The maximum atomic E-state index is 12.6. The van der Waals surface area contributed by atoms with Crippen molar-refractivity contribution in [3.8, 4) is 0 Å². The van der Waals surface area contributed by atoms with E-state index in [1.54, 1.807) is 0 Å². The minimum atomic E-state index is -4.13. The Hall–Kier alpha value is -0.510. The number of hydrogen-bond acceptors (Lipinski definition) is 0. The van der Waals surface area contributed by atoms with Crippen molar-refractivity contribution in [2.45, 2.75) is 32.4 Å². The van der Waals surface area contributed by atoms with Gasteiger partial charge in [-0.1, -0.05) is 6.92 Å². The number of alkyl halides is 3. The Morgan fingerprint density at radius 3 is 2.29 bits per heavy atom. The molecule has 0 radical (unpaired) electrons. The predicted molar refractivity (Wildman–Crippen MR) is 49.6 cm³/mol. The van der Waals surface area contributed by atoms with Crippen LogP contribution >= 0.6 is 0 Å². The van der Waals surface area contributed by atoms with Gasteiger partial charge in [0.2, 0.25) is 0 Å². The molecule has 0 aliphatic carbocycles. The first-order valence-electron chi connectivity index (χ1n) is 4.92. The maximum Gasteiger partial charge on any atom is 0.418 e. The highest BCUT2D eigenvalue weighted by Gasteiger charge is 2.45. The van der Waals surface area contributed by atoms with Crippen LogP contribution in [0.2, 0.25) is 0 Å². The van der Waals surface area contributed by atoms with E-state index in [1.807, 2.05) is 21.0 Å². The van der Waals surface area contributed by atoms with Gasteiger partial charge in [-0.3, -0.25) is 4.48 Å². The Balaban J connectivity index is 3.04. The summed E-state index contributed by atoms with van der Waals surface area (Å²) < 4.78 is 38.2. The third-order valence-electron chi connectivity index (χ3n) is 2.83. The Labute approximate surface area is 82.8 Å². The van der Waals surface area contributed by atoms with Gasteiger partial charge in [-0.05, 0) is 6.42 Å². The molecule has 0 aromatic carbocycles. The zero-order chi connectivity index (χ0) is 11.0. The van der Waals surface area contributed by atoms with Crippen molar-refractivity contribution in [2.75, 3.05) is 20.6 Å². The molecule has 0 saturated heterocycles. The van der Waals surface area contributed by atoms with Crippen molar-refractivity contribution < 1.29 is 17.7 Å². The van der Waals surface area contributed by atoms with Gasteiger partial charge < -0.3 is 0 Å². The first-order chi connectivity index (χ1) is 6.29. The quantitative estimate of drug-likeness (QED) is 0.612. The molecule has 4 heteroatoms. The van der Waals surface area contributed by atoms with Crippen LogP contribution in [0.1, 0.15) is 26.2 Å². The molecule has 1 rings (SSSR count). The van der Waals surface area contributed by atoms with Crippen molar-refractivity contribution in [3.63, 3.8) is 0 Å². The van der Waals surface area contributed by atoms with Crippen molar-refractivity contribution in [1.82, 2.24) is 0 Å². The maximum absolute atomic E-state index is 12.6. The minimum Gasteiger partial charge on any atom is -0.299 e. The van der Waals surface area contributed by atoms with E-state index < -0.39 is 6.18 Å². The predicted octanol–water partition coefficient (Wildman–Crippen LogP) is 3.08. The topological polar surface area (TPSA) is 0 Å². The molecule has 0 aromatic rings. The van der Waals surface area contributed by atoms with Crippen LogP contribution < -0.4 is 0 Å². The number of allylic oxidation sites excluding steroid dienone is 1. The lowest BCUT2D eigenvalue weighted by Gasteiger charge is -2.27. The molecule has 0 amide bonds. The standard InChI is InChI=1S/C10H17F3N/c1-4-5-9-8(10(11,12)13)6-7-14(9,2)3/h4-7H2,1-3H3/q+1. The Morgan fingerprint density at radius 1 is 1.29 bits per heavy atom. The molecular weight excluding hydrogens is 191 g/mol. The number of halogens is 3. The van der Waals surface area contributed by atoms with E-state index in [2.05, 4.69) is 0 Å². The van der Waals surface area contributed by atoms with Crippen molar-refractivity contribution >= 4 is 0 Å². The fraction of sp³-hybridized carbons (Fsp3) is 0.800. The number of rotatable bonds is 2. The molecule has 0 aromatic heterocycles. The van der Waals surface area contributed by atoms with E-state index in [0.29, 0.717) is 23.1 Å². The summed E-state index contributed by atoms with van der Waals surface area (Å²) in [6.45, 7) is 2.49. The Morgan fingerprint density at radius 2 is 1.86 bits per heavy atom. The lowest BCUT2D eigenvalue weighted by atomic mass is 10.1. The molecule has 1 heterocycles. The minimum absolute atomic E-state index is 0.172. The highest BCUT2D eigenvalue weighted by molar-refractivity contribution is 5.18. The van der Waals surface area contributed by atoms with Crippen molar-refractivity contribution in [1.29, 1.82) is 0 Å². The molecule has 0 spiro atoms. The third kappa shape index (κ3) is 2.11. The van der Waals surface area contributed by atoms with E-state index in [1.165, 1.54) is 0 Å². The summed E-state index contributed by atoms with van der Waals surface area (Å²) in [7, 11) is 3.70. The van der Waals surface area contributed by atoms with Gasteiger partial charge in [0, 0.05) is 12.8 Å². The van der Waals surface area contributed by atoms with Crippen LogP contribution in [-0.4, -0.2) is 31.3 Å². The second-order valence-electron chi connectivity index (χ2n) is 4.33. The molecule has 0 unspecified atom stereocenters. The SMILES string of the molecule is CCCC1=C(C(F)(F)F)CC[N+]1(C)C. The van der Waals surface area contributed by atoms with Gasteiger partial charge in [0.05, 0.1) is 26.2 Å². The summed E-state index contributed by atoms with van der Waals surface area (Å²) in [4.78, 5) is 0. The molecule has 0 bridgehead atoms. The second kappa shape index (κ2) is 3.57. The molecule has 1 aliphatic heterocycles. The largest absolute Gasteiger partial charge is 0.418 e. The van der Waals surface area contributed by atoms with E-state index in [9.17, 15) is 13.2 Å². The first kappa shape index (κ1) is 11.6. The van der Waals surface area contributed by atoms with Crippen LogP contribution in [0, 0.1) is 0 Å². The van der Waals surface area contributed by atoms with Crippen LogP contribution in [0.3, 0.4) is 0 Å². The molecule has 0 fully saturated rings. The van der Waals surface area contributed by atoms with Crippen LogP contribution in [0.4, 0.5) is 13.2 Å². The molecule has 0 N–H and O–H groups in total. The van der Waals surface area contributed by atoms with Crippen LogP contribution in [0.15, 0.2) is 11.3 Å². The number of hydrogen-bond donors (Lipinski definition) is 0. The van der Waals surface area contributed by atoms with E-state index >= 15 is 0 Å². The fourth-order valence-electron chi connectivity index (χ4n) is 2.03. The van der Waals surface area contributed by atoms with Gasteiger partial charge >= 0.3 is 6.18 Å². The van der Waals surface area contributed by atoms with Crippen LogP contribution in [-0.2, 0) is 0 Å². The molecule has 14 heavy (non-hydrogen) atoms. The monoisotopic (exact) mass is 208 g/mol. The summed E-state index contributed by atoms with van der Waals surface area (Å²) in [6, 6.07) is 0. The number of quaternary nitrogens is 1. The fourth-order valence-corrected chi connectivity index (χ4v) is 2.03. The number of nitrogens with zero attached hydrogens (tertiary/aromatic N) is 1. The van der Waals surface area contributed by atoms with Crippen molar-refractivity contribution in [2.24, 2.45) is 0 Å². The van der Waals surface area contributed by atoms with Gasteiger partial charge in [0.1, 0.15) is 5.70 Å². The smallest absolute Gasteiger partial charge is 0.299 e. The summed E-state index contributed by atoms with van der Waals surface area (Å²) in [5.41, 5.74) is 0.282. The average Bonchev–Trinajstić information content (AvgIpc) is 2.27. The molecule has 0 atom stereocenters. The van der Waals surface area contributed by atoms with Crippen molar-refractivity contribution in [3.05, 3.63) is 11.3 Å². The summed E-state index contributed by atoms with van der Waals surface area (Å²) in [5, 5.41) is 0. The molecule has 1 nitrogen and oxygen atoms in total. The van der Waals surface area contributed by atoms with Gasteiger partial charge in [0.15, 0.2) is 0 Å². The van der Waals surface area contributed by atoms with Gasteiger partial charge in [-0.25, -0.2) is 0 Å². The van der Waals surface area contributed by atoms with Gasteiger partial charge in [0.25, 0.3) is 0 Å². The van der Waals surface area contributed by atoms with Crippen LogP contribution in [0.25, 0.3) is 0 Å². The zero-order valence-corrected chi connectivity index (χ0v) is 8.91. The first-order valence-corrected chi connectivity index (χ1v) is 4.92. The second-order valence-corrected chi connectivity index (χ2v) is 4.33. The normalized spacial score (nSPS) is 21.9. The summed E-state index contributed by atoms with van der Waals surface area (Å²) in [6.07, 6.45) is -2.62. The van der Waals surface area contributed by atoms with E-state index in [0.717, 1.165) is 6.42 Å². The van der Waals surface area contributed by atoms with E-state index in [-0.39, 0.29) is 12.0 Å². The van der Waals surface area contributed by atoms with E-state index in [4.69, 9.17) is 0 Å². The zero-order valence-electron chi connectivity index (χ0n) is 8.91. The average molecular weight is 208 g/mol. The molecule has 82 valence electrons. The highest BCUT2D eigenvalue weighted by Crippen LogP contribution is 2.40. The summed E-state index contributed by atoms with van der Waals surface area (Å²) >= 11 is 0. The van der Waals surface area contributed by atoms with Crippen LogP contribution in [0.5, 0.6) is 0 Å². The third-order valence-corrected chi connectivity index (χ3v) is 2.83. The lowest BCUT2D eigenvalue weighted by molar-refractivity contribution is -0.847. The van der Waals surface area contributed by atoms with Gasteiger partial charge in [-0.2, -0.15) is 13.2 Å². The molecular formula is C10H17F3N+. The Bertz CT molecular complexity index is 251. The highest BCUT2D eigenvalue weighted by atomic mass is 19.4. The van der Waals surface area contributed by atoms with Gasteiger partial charge in [-0.15, -0.1) is 0 Å². The summed E-state index contributed by atoms with van der Waals surface area (Å²) in [5.74, 6) is 0. The Kier molecular flexibility index (Phi) is 2.95.